The highest BCUT2D eigenvalue weighted by molar-refractivity contribution is 6.30. The van der Waals surface area contributed by atoms with Gasteiger partial charge in [0.15, 0.2) is 6.61 Å². The Morgan fingerprint density at radius 2 is 1.92 bits per heavy atom. The lowest BCUT2D eigenvalue weighted by Gasteiger charge is -2.33. The van der Waals surface area contributed by atoms with E-state index in [1.54, 1.807) is 29.2 Å². The van der Waals surface area contributed by atoms with Crippen LogP contribution in [0.2, 0.25) is 5.02 Å². The third-order valence-electron chi connectivity index (χ3n) is 4.52. The Balaban J connectivity index is 1.95. The van der Waals surface area contributed by atoms with Crippen LogP contribution in [0.1, 0.15) is 44.6 Å². The van der Waals surface area contributed by atoms with Crippen molar-refractivity contribution in [2.45, 2.75) is 45.1 Å². The number of rotatable bonds is 6. The molecule has 0 unspecified atom stereocenters. The maximum atomic E-state index is 12.4. The Morgan fingerprint density at radius 3 is 2.50 bits per heavy atom. The summed E-state index contributed by atoms with van der Waals surface area (Å²) in [5.41, 5.74) is 0.507. The second kappa shape index (κ2) is 9.98. The van der Waals surface area contributed by atoms with E-state index in [2.05, 4.69) is 0 Å². The Labute approximate surface area is 159 Å². The molecule has 5 nitrogen and oxygen atoms in total. The summed E-state index contributed by atoms with van der Waals surface area (Å²) in [5.74, 6) is -1.01. The first kappa shape index (κ1) is 20.0. The predicted octanol–water partition coefficient (Wildman–Crippen LogP) is 3.97. The highest BCUT2D eigenvalue weighted by atomic mass is 35.5. The van der Waals surface area contributed by atoms with Crippen LogP contribution >= 0.6 is 11.6 Å². The molecule has 1 saturated carbocycles. The molecule has 0 atom stereocenters. The summed E-state index contributed by atoms with van der Waals surface area (Å²) in [4.78, 5) is 26.3. The SMILES string of the molecule is CCN(C(=O)COC(=O)/C(C#N)=C/c1ccc(Cl)cc1)C1CCCCC1. The number of halogens is 1. The fraction of sp³-hybridized carbons (Fsp3) is 0.450. The van der Waals surface area contributed by atoms with Crippen molar-refractivity contribution in [3.05, 3.63) is 40.4 Å². The van der Waals surface area contributed by atoms with Crippen LogP contribution in [0.4, 0.5) is 0 Å². The maximum Gasteiger partial charge on any atom is 0.349 e. The van der Waals surface area contributed by atoms with Gasteiger partial charge in [-0.1, -0.05) is 43.0 Å². The smallest absolute Gasteiger partial charge is 0.349 e. The molecule has 1 aliphatic rings. The highest BCUT2D eigenvalue weighted by Crippen LogP contribution is 2.22. The van der Waals surface area contributed by atoms with Crippen LogP contribution in [-0.4, -0.2) is 36.0 Å². The quantitative estimate of drug-likeness (QED) is 0.429. The number of hydrogen-bond donors (Lipinski definition) is 0. The summed E-state index contributed by atoms with van der Waals surface area (Å²) in [6.07, 6.45) is 6.86. The van der Waals surface area contributed by atoms with Crippen molar-refractivity contribution in [3.8, 4) is 6.07 Å². The molecule has 138 valence electrons. The molecule has 2 rings (SSSR count). The van der Waals surface area contributed by atoms with Crippen molar-refractivity contribution in [2.24, 2.45) is 0 Å². The molecule has 0 aliphatic heterocycles. The molecular weight excluding hydrogens is 352 g/mol. The van der Waals surface area contributed by atoms with E-state index in [0.29, 0.717) is 17.1 Å². The van der Waals surface area contributed by atoms with E-state index in [4.69, 9.17) is 16.3 Å². The van der Waals surface area contributed by atoms with Gasteiger partial charge in [-0.3, -0.25) is 4.79 Å². The molecule has 1 aromatic carbocycles. The van der Waals surface area contributed by atoms with Gasteiger partial charge < -0.3 is 9.64 Å². The summed E-state index contributed by atoms with van der Waals surface area (Å²) in [5, 5.41) is 9.76. The first-order valence-corrected chi connectivity index (χ1v) is 9.27. The minimum atomic E-state index is -0.796. The monoisotopic (exact) mass is 374 g/mol. The van der Waals surface area contributed by atoms with Crippen molar-refractivity contribution in [3.63, 3.8) is 0 Å². The van der Waals surface area contributed by atoms with Crippen molar-refractivity contribution in [1.82, 2.24) is 4.90 Å². The van der Waals surface area contributed by atoms with E-state index in [9.17, 15) is 14.9 Å². The molecule has 0 radical (unpaired) electrons. The maximum absolute atomic E-state index is 12.4. The topological polar surface area (TPSA) is 70.4 Å². The lowest BCUT2D eigenvalue weighted by atomic mass is 9.94. The lowest BCUT2D eigenvalue weighted by molar-refractivity contribution is -0.150. The van der Waals surface area contributed by atoms with Crippen LogP contribution in [0.25, 0.3) is 6.08 Å². The molecule has 26 heavy (non-hydrogen) atoms. The predicted molar refractivity (Wildman–Crippen MR) is 100 cm³/mol. The van der Waals surface area contributed by atoms with Gasteiger partial charge in [-0.05, 0) is 43.5 Å². The number of nitrogens with zero attached hydrogens (tertiary/aromatic N) is 2. The average Bonchev–Trinajstić information content (AvgIpc) is 2.67. The van der Waals surface area contributed by atoms with Crippen LogP contribution in [-0.2, 0) is 14.3 Å². The normalized spacial score (nSPS) is 15.2. The number of hydrogen-bond acceptors (Lipinski definition) is 4. The van der Waals surface area contributed by atoms with Gasteiger partial charge in [0.05, 0.1) is 0 Å². The minimum absolute atomic E-state index is 0.152. The largest absolute Gasteiger partial charge is 0.451 e. The molecule has 1 aromatic rings. The van der Waals surface area contributed by atoms with Crippen LogP contribution in [0.5, 0.6) is 0 Å². The van der Waals surface area contributed by atoms with E-state index >= 15 is 0 Å². The van der Waals surface area contributed by atoms with Gasteiger partial charge in [0, 0.05) is 17.6 Å². The summed E-state index contributed by atoms with van der Waals surface area (Å²) in [6, 6.07) is 8.77. The third kappa shape index (κ3) is 5.60. The molecule has 0 N–H and O–H groups in total. The van der Waals surface area contributed by atoms with Crippen LogP contribution in [0, 0.1) is 11.3 Å². The molecule has 1 aliphatic carbocycles. The molecule has 1 fully saturated rings. The molecule has 6 heteroatoms. The second-order valence-corrected chi connectivity index (χ2v) is 6.71. The van der Waals surface area contributed by atoms with Gasteiger partial charge in [0.2, 0.25) is 0 Å². The van der Waals surface area contributed by atoms with Crippen LogP contribution < -0.4 is 0 Å². The van der Waals surface area contributed by atoms with Crippen molar-refractivity contribution < 1.29 is 14.3 Å². The summed E-state index contributed by atoms with van der Waals surface area (Å²) < 4.78 is 5.08. The molecule has 0 heterocycles. The molecule has 0 spiro atoms. The number of carbonyl (C=O) groups is 2. The highest BCUT2D eigenvalue weighted by Gasteiger charge is 2.25. The Hall–Kier alpha value is -2.32. The Bertz CT molecular complexity index is 701. The van der Waals surface area contributed by atoms with Crippen molar-refractivity contribution in [1.29, 1.82) is 5.26 Å². The average molecular weight is 375 g/mol. The lowest BCUT2D eigenvalue weighted by Crippen LogP contribution is -2.43. The number of benzene rings is 1. The number of ether oxygens (including phenoxy) is 1. The van der Waals surface area contributed by atoms with E-state index in [1.807, 2.05) is 13.0 Å². The van der Waals surface area contributed by atoms with Gasteiger partial charge in [-0.25, -0.2) is 4.79 Å². The molecule has 0 bridgehead atoms. The van der Waals surface area contributed by atoms with Crippen molar-refractivity contribution in [2.75, 3.05) is 13.2 Å². The van der Waals surface area contributed by atoms with Crippen LogP contribution in [0.15, 0.2) is 29.8 Å². The fourth-order valence-corrected chi connectivity index (χ4v) is 3.31. The second-order valence-electron chi connectivity index (χ2n) is 6.27. The van der Waals surface area contributed by atoms with Crippen LogP contribution in [0.3, 0.4) is 0 Å². The van der Waals surface area contributed by atoms with Gasteiger partial charge in [-0.15, -0.1) is 0 Å². The zero-order valence-electron chi connectivity index (χ0n) is 14.9. The molecule has 0 saturated heterocycles. The molecule has 1 amide bonds. The minimum Gasteiger partial charge on any atom is -0.451 e. The Morgan fingerprint density at radius 1 is 1.27 bits per heavy atom. The molecular formula is C20H23ClN2O3. The standard InChI is InChI=1S/C20H23ClN2O3/c1-2-23(18-6-4-3-5-7-18)19(24)14-26-20(25)16(13-22)12-15-8-10-17(21)11-9-15/h8-12,18H,2-7,14H2,1H3/b16-12+. The first-order chi connectivity index (χ1) is 12.5. The number of amides is 1. The van der Waals surface area contributed by atoms with E-state index in [1.165, 1.54) is 12.5 Å². The van der Waals surface area contributed by atoms with Crippen molar-refractivity contribution >= 4 is 29.6 Å². The molecule has 0 aromatic heterocycles. The van der Waals surface area contributed by atoms with E-state index < -0.39 is 5.97 Å². The zero-order chi connectivity index (χ0) is 18.9. The summed E-state index contributed by atoms with van der Waals surface area (Å²) in [7, 11) is 0. The Kier molecular flexibility index (Phi) is 7.68. The summed E-state index contributed by atoms with van der Waals surface area (Å²) >= 11 is 5.82. The van der Waals surface area contributed by atoms with E-state index in [-0.39, 0.29) is 24.1 Å². The van der Waals surface area contributed by atoms with Gasteiger partial charge in [-0.2, -0.15) is 5.26 Å². The first-order valence-electron chi connectivity index (χ1n) is 8.89. The zero-order valence-corrected chi connectivity index (χ0v) is 15.7. The van der Waals surface area contributed by atoms with Gasteiger partial charge >= 0.3 is 5.97 Å². The third-order valence-corrected chi connectivity index (χ3v) is 4.78. The van der Waals surface area contributed by atoms with Gasteiger partial charge in [0.1, 0.15) is 11.6 Å². The fourth-order valence-electron chi connectivity index (χ4n) is 3.18. The number of likely N-dealkylation sites (N-methyl/N-ethyl adjacent to an activating group) is 1. The van der Waals surface area contributed by atoms with Gasteiger partial charge in [0.25, 0.3) is 5.91 Å². The number of nitriles is 1. The number of carbonyl (C=O) groups excluding carboxylic acids is 2. The summed E-state index contributed by atoms with van der Waals surface area (Å²) in [6.45, 7) is 2.17. The van der Waals surface area contributed by atoms with E-state index in [0.717, 1.165) is 25.7 Å². The number of esters is 1.